The molecule has 1 unspecified atom stereocenters. The van der Waals surface area contributed by atoms with E-state index in [1.54, 1.807) is 0 Å². The third kappa shape index (κ3) is 3.23. The predicted molar refractivity (Wildman–Crippen MR) is 76.7 cm³/mol. The lowest BCUT2D eigenvalue weighted by Gasteiger charge is -2.07. The summed E-state index contributed by atoms with van der Waals surface area (Å²) in [7, 11) is 0. The average molecular weight is 242 g/mol. The van der Waals surface area contributed by atoms with Crippen molar-refractivity contribution >= 4 is 0 Å². The van der Waals surface area contributed by atoms with Crippen LogP contribution in [0.4, 0.5) is 0 Å². The molecular formula is C16H22N2. The molecule has 0 spiro atoms. The summed E-state index contributed by atoms with van der Waals surface area (Å²) in [5.41, 5.74) is 10.0. The smallest absolute Gasteiger partial charge is 0.0472 e. The van der Waals surface area contributed by atoms with Gasteiger partial charge in [0.25, 0.3) is 0 Å². The summed E-state index contributed by atoms with van der Waals surface area (Å²) >= 11 is 0. The Morgan fingerprint density at radius 1 is 1.22 bits per heavy atom. The van der Waals surface area contributed by atoms with E-state index in [9.17, 15) is 0 Å². The normalized spacial score (nSPS) is 12.6. The van der Waals surface area contributed by atoms with Gasteiger partial charge in [0.1, 0.15) is 0 Å². The molecule has 2 aromatic rings. The molecule has 0 aliphatic heterocycles. The van der Waals surface area contributed by atoms with E-state index in [0.29, 0.717) is 0 Å². The number of nitrogens with zero attached hydrogens (tertiary/aromatic N) is 1. The molecule has 2 N–H and O–H groups in total. The van der Waals surface area contributed by atoms with Crippen molar-refractivity contribution in [2.24, 2.45) is 5.73 Å². The maximum absolute atomic E-state index is 5.98. The number of aromatic nitrogens is 1. The molecule has 0 saturated carbocycles. The number of rotatable bonds is 5. The zero-order chi connectivity index (χ0) is 13.0. The Kier molecular flexibility index (Phi) is 4.21. The van der Waals surface area contributed by atoms with Crippen molar-refractivity contribution in [3.63, 3.8) is 0 Å². The van der Waals surface area contributed by atoms with Crippen LogP contribution in [0.5, 0.6) is 0 Å². The third-order valence-corrected chi connectivity index (χ3v) is 3.45. The van der Waals surface area contributed by atoms with Crippen LogP contribution in [0, 0.1) is 6.92 Å². The largest absolute Gasteiger partial charge is 0.350 e. The predicted octanol–water partition coefficient (Wildman–Crippen LogP) is 3.12. The highest BCUT2D eigenvalue weighted by molar-refractivity contribution is 5.26. The van der Waals surface area contributed by atoms with E-state index >= 15 is 0 Å². The highest BCUT2D eigenvalue weighted by Gasteiger charge is 2.04. The van der Waals surface area contributed by atoms with E-state index < -0.39 is 0 Å². The van der Waals surface area contributed by atoms with Crippen LogP contribution in [0.1, 0.15) is 30.0 Å². The van der Waals surface area contributed by atoms with Crippen molar-refractivity contribution in [1.29, 1.82) is 0 Å². The monoisotopic (exact) mass is 242 g/mol. The van der Waals surface area contributed by atoms with Gasteiger partial charge in [-0.25, -0.2) is 0 Å². The SMILES string of the molecule is CCC(N)Cc1ccn(Cc2ccccc2C)c1. The number of nitrogens with two attached hydrogens (primary N) is 1. The van der Waals surface area contributed by atoms with Crippen LogP contribution in [0.3, 0.4) is 0 Å². The van der Waals surface area contributed by atoms with Gasteiger partial charge in [-0.3, -0.25) is 0 Å². The summed E-state index contributed by atoms with van der Waals surface area (Å²) < 4.78 is 2.24. The van der Waals surface area contributed by atoms with Gasteiger partial charge in [0.05, 0.1) is 0 Å². The summed E-state index contributed by atoms with van der Waals surface area (Å²) in [6.07, 6.45) is 6.35. The van der Waals surface area contributed by atoms with Gasteiger partial charge in [0.2, 0.25) is 0 Å². The maximum atomic E-state index is 5.98. The lowest BCUT2D eigenvalue weighted by atomic mass is 10.1. The molecule has 18 heavy (non-hydrogen) atoms. The molecule has 2 heteroatoms. The summed E-state index contributed by atoms with van der Waals surface area (Å²) in [5, 5.41) is 0. The van der Waals surface area contributed by atoms with Gasteiger partial charge < -0.3 is 10.3 Å². The summed E-state index contributed by atoms with van der Waals surface area (Å²) in [5.74, 6) is 0. The molecule has 0 radical (unpaired) electrons. The molecule has 1 aromatic heterocycles. The van der Waals surface area contributed by atoms with Crippen LogP contribution >= 0.6 is 0 Å². The number of hydrogen-bond donors (Lipinski definition) is 1. The van der Waals surface area contributed by atoms with Crippen molar-refractivity contribution in [2.45, 2.75) is 39.3 Å². The Hall–Kier alpha value is -1.54. The fourth-order valence-electron chi connectivity index (χ4n) is 2.14. The molecule has 2 nitrogen and oxygen atoms in total. The molecule has 0 bridgehead atoms. The Balaban J connectivity index is 2.05. The minimum Gasteiger partial charge on any atom is -0.350 e. The van der Waals surface area contributed by atoms with Crippen LogP contribution in [0.15, 0.2) is 42.7 Å². The zero-order valence-corrected chi connectivity index (χ0v) is 11.3. The molecule has 0 saturated heterocycles. The molecule has 96 valence electrons. The third-order valence-electron chi connectivity index (χ3n) is 3.45. The van der Waals surface area contributed by atoms with Crippen molar-refractivity contribution in [3.8, 4) is 0 Å². The maximum Gasteiger partial charge on any atom is 0.0472 e. The Bertz CT molecular complexity index is 499. The topological polar surface area (TPSA) is 30.9 Å². The average Bonchev–Trinajstić information content (AvgIpc) is 2.79. The van der Waals surface area contributed by atoms with Gasteiger partial charge in [0.15, 0.2) is 0 Å². The van der Waals surface area contributed by atoms with Crippen LogP contribution in [-0.2, 0) is 13.0 Å². The first kappa shape index (κ1) is 12.9. The van der Waals surface area contributed by atoms with Crippen molar-refractivity contribution in [1.82, 2.24) is 4.57 Å². The molecular weight excluding hydrogens is 220 g/mol. The molecule has 1 aromatic carbocycles. The second kappa shape index (κ2) is 5.87. The number of hydrogen-bond acceptors (Lipinski definition) is 1. The van der Waals surface area contributed by atoms with E-state index in [1.165, 1.54) is 16.7 Å². The quantitative estimate of drug-likeness (QED) is 0.858. The summed E-state index contributed by atoms with van der Waals surface area (Å²) in [6, 6.07) is 11.0. The first-order valence-electron chi connectivity index (χ1n) is 6.63. The van der Waals surface area contributed by atoms with Crippen molar-refractivity contribution < 1.29 is 0 Å². The van der Waals surface area contributed by atoms with Gasteiger partial charge in [-0.15, -0.1) is 0 Å². The molecule has 1 atom stereocenters. The number of aryl methyl sites for hydroxylation is 1. The minimum absolute atomic E-state index is 0.277. The molecule has 1 heterocycles. The Morgan fingerprint density at radius 3 is 2.72 bits per heavy atom. The van der Waals surface area contributed by atoms with Gasteiger partial charge in [-0.2, -0.15) is 0 Å². The van der Waals surface area contributed by atoms with Crippen molar-refractivity contribution in [2.75, 3.05) is 0 Å². The van der Waals surface area contributed by atoms with Gasteiger partial charge >= 0.3 is 0 Å². The molecule has 0 amide bonds. The highest BCUT2D eigenvalue weighted by atomic mass is 14.9. The molecule has 0 aliphatic rings. The van der Waals surface area contributed by atoms with Crippen LogP contribution in [-0.4, -0.2) is 10.6 Å². The van der Waals surface area contributed by atoms with Gasteiger partial charge in [0, 0.05) is 25.0 Å². The van der Waals surface area contributed by atoms with E-state index in [1.807, 2.05) is 0 Å². The fourth-order valence-corrected chi connectivity index (χ4v) is 2.14. The lowest BCUT2D eigenvalue weighted by molar-refractivity contribution is 0.645. The molecule has 0 aliphatic carbocycles. The fraction of sp³-hybridized carbons (Fsp3) is 0.375. The second-order valence-corrected chi connectivity index (χ2v) is 4.99. The van der Waals surface area contributed by atoms with Crippen LogP contribution in [0.2, 0.25) is 0 Å². The minimum atomic E-state index is 0.277. The van der Waals surface area contributed by atoms with Crippen molar-refractivity contribution in [3.05, 3.63) is 59.4 Å². The van der Waals surface area contributed by atoms with E-state index in [4.69, 9.17) is 5.73 Å². The Morgan fingerprint density at radius 2 is 2.00 bits per heavy atom. The van der Waals surface area contributed by atoms with E-state index in [-0.39, 0.29) is 6.04 Å². The highest BCUT2D eigenvalue weighted by Crippen LogP contribution is 2.11. The first-order chi connectivity index (χ1) is 8.69. The first-order valence-corrected chi connectivity index (χ1v) is 6.63. The van der Waals surface area contributed by atoms with Crippen LogP contribution < -0.4 is 5.73 Å². The summed E-state index contributed by atoms with van der Waals surface area (Å²) in [4.78, 5) is 0. The van der Waals surface area contributed by atoms with E-state index in [2.05, 4.69) is 61.1 Å². The van der Waals surface area contributed by atoms with E-state index in [0.717, 1.165) is 19.4 Å². The standard InChI is InChI=1S/C16H22N2/c1-3-16(17)10-14-8-9-18(11-14)12-15-7-5-4-6-13(15)2/h4-9,11,16H,3,10,12,17H2,1-2H3. The second-order valence-electron chi connectivity index (χ2n) is 4.99. The lowest BCUT2D eigenvalue weighted by Crippen LogP contribution is -2.21. The molecule has 0 fully saturated rings. The number of benzene rings is 1. The van der Waals surface area contributed by atoms with Gasteiger partial charge in [-0.05, 0) is 42.5 Å². The van der Waals surface area contributed by atoms with Crippen LogP contribution in [0.25, 0.3) is 0 Å². The summed E-state index contributed by atoms with van der Waals surface area (Å²) in [6.45, 7) is 5.23. The Labute approximate surface area is 109 Å². The molecule has 2 rings (SSSR count). The van der Waals surface area contributed by atoms with Gasteiger partial charge in [-0.1, -0.05) is 31.2 Å². The zero-order valence-electron chi connectivity index (χ0n) is 11.3.